The molecular weight excluding hydrogens is 364 g/mol. The number of benzene rings is 2. The van der Waals surface area contributed by atoms with Crippen LogP contribution in [0.25, 0.3) is 16.6 Å². The van der Waals surface area contributed by atoms with E-state index in [-0.39, 0.29) is 5.91 Å². The Bertz CT molecular complexity index is 1170. The van der Waals surface area contributed by atoms with Gasteiger partial charge in [-0.2, -0.15) is 5.10 Å². The Hall–Kier alpha value is -3.38. The van der Waals surface area contributed by atoms with Gasteiger partial charge in [0.1, 0.15) is 0 Å². The average Bonchev–Trinajstić information content (AvgIpc) is 3.29. The van der Waals surface area contributed by atoms with E-state index in [0.717, 1.165) is 40.2 Å². The molecule has 2 aromatic carbocycles. The molecule has 6 heteroatoms. The first-order valence-corrected chi connectivity index (χ1v) is 9.58. The van der Waals surface area contributed by atoms with Crippen molar-refractivity contribution < 1.29 is 9.53 Å². The number of hydrogen-bond donors (Lipinski definition) is 1. The van der Waals surface area contributed by atoms with Gasteiger partial charge in [0.2, 0.25) is 0 Å². The lowest BCUT2D eigenvalue weighted by Gasteiger charge is -2.10. The van der Waals surface area contributed by atoms with Crippen LogP contribution in [0, 0.1) is 13.8 Å². The quantitative estimate of drug-likeness (QED) is 0.534. The lowest BCUT2D eigenvalue weighted by Crippen LogP contribution is -2.13. The van der Waals surface area contributed by atoms with Crippen LogP contribution in [0.15, 0.2) is 60.8 Å². The summed E-state index contributed by atoms with van der Waals surface area (Å²) >= 11 is 0. The van der Waals surface area contributed by atoms with Crippen molar-refractivity contribution in [2.75, 3.05) is 19.0 Å². The lowest BCUT2D eigenvalue weighted by molar-refractivity contribution is 0.102. The molecule has 0 saturated carbocycles. The Morgan fingerprint density at radius 1 is 1.10 bits per heavy atom. The van der Waals surface area contributed by atoms with Crippen LogP contribution in [0.5, 0.6) is 0 Å². The van der Waals surface area contributed by atoms with Gasteiger partial charge in [-0.15, -0.1) is 0 Å². The Kier molecular flexibility index (Phi) is 5.18. The van der Waals surface area contributed by atoms with Gasteiger partial charge in [-0.1, -0.05) is 12.1 Å². The monoisotopic (exact) mass is 388 g/mol. The van der Waals surface area contributed by atoms with Crippen molar-refractivity contribution in [3.05, 3.63) is 77.7 Å². The van der Waals surface area contributed by atoms with E-state index in [2.05, 4.69) is 15.0 Å². The van der Waals surface area contributed by atoms with Gasteiger partial charge >= 0.3 is 0 Å². The van der Waals surface area contributed by atoms with E-state index in [1.807, 2.05) is 79.3 Å². The van der Waals surface area contributed by atoms with Crippen molar-refractivity contribution in [1.29, 1.82) is 0 Å². The summed E-state index contributed by atoms with van der Waals surface area (Å²) in [6.45, 7) is 5.36. The number of fused-ring (bicyclic) bond motifs is 1. The molecule has 0 aliphatic carbocycles. The molecule has 0 saturated heterocycles. The number of nitrogens with zero attached hydrogens (tertiary/aromatic N) is 3. The van der Waals surface area contributed by atoms with E-state index in [4.69, 9.17) is 4.74 Å². The van der Waals surface area contributed by atoms with Crippen molar-refractivity contribution in [3.63, 3.8) is 0 Å². The predicted molar refractivity (Wildman–Crippen MR) is 115 cm³/mol. The molecular formula is C23H24N4O2. The number of aromatic nitrogens is 3. The fraction of sp³-hybridized carbons (Fsp3) is 0.217. The number of carbonyl (C=O) groups is 1. The first-order chi connectivity index (χ1) is 14.1. The maximum atomic E-state index is 12.9. The van der Waals surface area contributed by atoms with Crippen molar-refractivity contribution >= 4 is 22.5 Å². The van der Waals surface area contributed by atoms with Crippen LogP contribution >= 0.6 is 0 Å². The van der Waals surface area contributed by atoms with Gasteiger partial charge in [0.05, 0.1) is 29.2 Å². The summed E-state index contributed by atoms with van der Waals surface area (Å²) in [5, 5.41) is 8.57. The maximum Gasteiger partial charge on any atom is 0.255 e. The van der Waals surface area contributed by atoms with Crippen LogP contribution in [0.2, 0.25) is 0 Å². The largest absolute Gasteiger partial charge is 0.383 e. The minimum atomic E-state index is -0.148. The third-order valence-electron chi connectivity index (χ3n) is 4.96. The first-order valence-electron chi connectivity index (χ1n) is 9.58. The molecule has 0 aliphatic rings. The van der Waals surface area contributed by atoms with Crippen molar-refractivity contribution in [2.24, 2.45) is 0 Å². The van der Waals surface area contributed by atoms with E-state index < -0.39 is 0 Å². The molecule has 1 N–H and O–H groups in total. The molecule has 2 heterocycles. The molecule has 4 rings (SSSR count). The zero-order valence-electron chi connectivity index (χ0n) is 16.8. The lowest BCUT2D eigenvalue weighted by atomic mass is 10.1. The molecule has 2 aromatic heterocycles. The fourth-order valence-corrected chi connectivity index (χ4v) is 3.58. The molecule has 4 aromatic rings. The summed E-state index contributed by atoms with van der Waals surface area (Å²) < 4.78 is 9.15. The average molecular weight is 388 g/mol. The minimum absolute atomic E-state index is 0.148. The highest BCUT2D eigenvalue weighted by atomic mass is 16.5. The van der Waals surface area contributed by atoms with Crippen LogP contribution < -0.4 is 5.32 Å². The molecule has 1 amide bonds. The summed E-state index contributed by atoms with van der Waals surface area (Å²) in [7, 11) is 1.69. The number of amides is 1. The third-order valence-corrected chi connectivity index (χ3v) is 4.96. The Morgan fingerprint density at radius 3 is 2.69 bits per heavy atom. The van der Waals surface area contributed by atoms with Crippen molar-refractivity contribution in [1.82, 2.24) is 14.3 Å². The number of hydrogen-bond acceptors (Lipinski definition) is 3. The number of ether oxygens (including phenoxy) is 1. The highest BCUT2D eigenvalue weighted by molar-refractivity contribution is 6.09. The summed E-state index contributed by atoms with van der Waals surface area (Å²) in [6, 6.07) is 17.5. The second-order valence-electron chi connectivity index (χ2n) is 7.08. The Balaban J connectivity index is 1.61. The van der Waals surface area contributed by atoms with E-state index in [9.17, 15) is 4.79 Å². The summed E-state index contributed by atoms with van der Waals surface area (Å²) in [4.78, 5) is 12.9. The van der Waals surface area contributed by atoms with Gasteiger partial charge in [0.25, 0.3) is 5.91 Å². The molecule has 0 atom stereocenters. The second kappa shape index (κ2) is 7.93. The first kappa shape index (κ1) is 19.0. The van der Waals surface area contributed by atoms with Gasteiger partial charge in [0, 0.05) is 36.5 Å². The number of carbonyl (C=O) groups excluding carboxylic acids is 1. The van der Waals surface area contributed by atoms with E-state index in [0.29, 0.717) is 12.2 Å². The van der Waals surface area contributed by atoms with Crippen LogP contribution in [0.4, 0.5) is 5.69 Å². The number of nitrogens with one attached hydrogen (secondary N) is 1. The van der Waals surface area contributed by atoms with E-state index >= 15 is 0 Å². The SMILES string of the molecule is COCCn1ccc2c(NC(=O)c3cccc(-n4nc(C)cc4C)c3)cccc21. The van der Waals surface area contributed by atoms with Gasteiger partial charge in [-0.25, -0.2) is 4.68 Å². The van der Waals surface area contributed by atoms with Gasteiger partial charge in [-0.3, -0.25) is 4.79 Å². The van der Waals surface area contributed by atoms with Gasteiger partial charge < -0.3 is 14.6 Å². The topological polar surface area (TPSA) is 61.1 Å². The highest BCUT2D eigenvalue weighted by Gasteiger charge is 2.12. The van der Waals surface area contributed by atoms with E-state index in [1.165, 1.54) is 0 Å². The van der Waals surface area contributed by atoms with E-state index in [1.54, 1.807) is 7.11 Å². The second-order valence-corrected chi connectivity index (χ2v) is 7.08. The molecule has 0 radical (unpaired) electrons. The zero-order valence-corrected chi connectivity index (χ0v) is 16.8. The third kappa shape index (κ3) is 3.79. The standard InChI is InChI=1S/C23H24N4O2/c1-16-14-17(2)27(25-16)19-7-4-6-18(15-19)23(28)24-21-8-5-9-22-20(21)10-11-26(22)12-13-29-3/h4-11,14-15H,12-13H2,1-3H3,(H,24,28). The summed E-state index contributed by atoms with van der Waals surface area (Å²) in [6.07, 6.45) is 2.02. The molecule has 0 aliphatic heterocycles. The molecule has 29 heavy (non-hydrogen) atoms. The number of aryl methyl sites for hydroxylation is 2. The summed E-state index contributed by atoms with van der Waals surface area (Å²) in [5.41, 5.74) is 5.29. The normalized spacial score (nSPS) is 11.1. The molecule has 0 unspecified atom stereocenters. The number of methoxy groups -OCH3 is 1. The molecule has 6 nitrogen and oxygen atoms in total. The predicted octanol–water partition coefficient (Wildman–Crippen LogP) is 4.34. The fourth-order valence-electron chi connectivity index (χ4n) is 3.58. The molecule has 0 bridgehead atoms. The summed E-state index contributed by atoms with van der Waals surface area (Å²) in [5.74, 6) is -0.148. The highest BCUT2D eigenvalue weighted by Crippen LogP contribution is 2.25. The van der Waals surface area contributed by atoms with Gasteiger partial charge in [-0.05, 0) is 56.3 Å². The Morgan fingerprint density at radius 2 is 1.93 bits per heavy atom. The van der Waals surface area contributed by atoms with Crippen molar-refractivity contribution in [3.8, 4) is 5.69 Å². The van der Waals surface area contributed by atoms with Crippen LogP contribution in [-0.2, 0) is 11.3 Å². The van der Waals surface area contributed by atoms with Crippen LogP contribution in [0.3, 0.4) is 0 Å². The molecule has 0 fully saturated rings. The van der Waals surface area contributed by atoms with Crippen LogP contribution in [0.1, 0.15) is 21.7 Å². The zero-order chi connectivity index (χ0) is 20.4. The van der Waals surface area contributed by atoms with Crippen molar-refractivity contribution in [2.45, 2.75) is 20.4 Å². The number of rotatable bonds is 6. The van der Waals surface area contributed by atoms with Gasteiger partial charge in [0.15, 0.2) is 0 Å². The maximum absolute atomic E-state index is 12.9. The smallest absolute Gasteiger partial charge is 0.255 e. The molecule has 148 valence electrons. The van der Waals surface area contributed by atoms with Crippen LogP contribution in [-0.4, -0.2) is 34.0 Å². The number of anilines is 1. The minimum Gasteiger partial charge on any atom is -0.383 e. The Labute approximate surface area is 169 Å². The molecule has 0 spiro atoms.